The van der Waals surface area contributed by atoms with E-state index in [2.05, 4.69) is 16.0 Å². The van der Waals surface area contributed by atoms with Crippen LogP contribution in [-0.4, -0.2) is 43.7 Å². The van der Waals surface area contributed by atoms with E-state index in [1.165, 1.54) is 6.07 Å². The highest BCUT2D eigenvalue weighted by atomic mass is 35.5. The monoisotopic (exact) mass is 489 g/mol. The maximum atomic E-state index is 12.6. The minimum absolute atomic E-state index is 0.0409. The van der Waals surface area contributed by atoms with Gasteiger partial charge < -0.3 is 35.9 Å². The molecule has 0 aromatic heterocycles. The van der Waals surface area contributed by atoms with Gasteiger partial charge in [0.1, 0.15) is 0 Å². The van der Waals surface area contributed by atoms with Gasteiger partial charge in [-0.25, -0.2) is 0 Å². The van der Waals surface area contributed by atoms with E-state index in [1.54, 1.807) is 37.3 Å². The first-order valence-corrected chi connectivity index (χ1v) is 10.7. The number of hydrogen-bond acceptors (Lipinski definition) is 7. The van der Waals surface area contributed by atoms with Crippen molar-refractivity contribution in [1.82, 2.24) is 10.6 Å². The molecule has 12 heteroatoms. The Labute approximate surface area is 200 Å². The zero-order chi connectivity index (χ0) is 24.7. The normalized spacial score (nSPS) is 12.4. The fourth-order valence-electron chi connectivity index (χ4n) is 3.23. The van der Waals surface area contributed by atoms with Crippen LogP contribution in [0.25, 0.3) is 0 Å². The molecule has 1 aliphatic rings. The summed E-state index contributed by atoms with van der Waals surface area (Å²) in [7, 11) is 0. The molecule has 2 aromatic rings. The molecule has 1 heterocycles. The highest BCUT2D eigenvalue weighted by Crippen LogP contribution is 2.39. The van der Waals surface area contributed by atoms with Gasteiger partial charge in [-0.3, -0.25) is 19.8 Å². The van der Waals surface area contributed by atoms with Crippen molar-refractivity contribution in [2.45, 2.75) is 19.4 Å². The fourth-order valence-corrected chi connectivity index (χ4v) is 3.51. The smallest absolute Gasteiger partial charge is 0.308 e. The number of ether oxygens (including phenoxy) is 3. The minimum atomic E-state index is -0.825. The summed E-state index contributed by atoms with van der Waals surface area (Å²) in [4.78, 5) is 37.2. The van der Waals surface area contributed by atoms with Crippen molar-refractivity contribution < 1.29 is 28.6 Å². The van der Waals surface area contributed by atoms with Crippen LogP contribution < -0.4 is 31.2 Å². The number of hydrogen-bond donors (Lipinski definition) is 5. The average Bonchev–Trinajstić information content (AvgIpc) is 3.23. The van der Waals surface area contributed by atoms with Crippen molar-refractivity contribution in [1.29, 1.82) is 5.41 Å². The van der Waals surface area contributed by atoms with Crippen molar-refractivity contribution >= 4 is 41.0 Å². The number of fused-ring (bicyclic) bond motifs is 1. The number of carbonyl (C=O) groups is 3. The van der Waals surface area contributed by atoms with Crippen LogP contribution in [0.4, 0.5) is 5.69 Å². The van der Waals surface area contributed by atoms with Gasteiger partial charge in [0.2, 0.25) is 12.7 Å². The third kappa shape index (κ3) is 6.51. The third-order valence-electron chi connectivity index (χ3n) is 4.69. The molecule has 34 heavy (non-hydrogen) atoms. The summed E-state index contributed by atoms with van der Waals surface area (Å²) < 4.78 is 15.7. The number of esters is 1. The fraction of sp³-hybridized carbons (Fsp3) is 0.273. The number of anilines is 1. The van der Waals surface area contributed by atoms with Crippen LogP contribution in [-0.2, 0) is 14.3 Å². The lowest BCUT2D eigenvalue weighted by atomic mass is 10.0. The molecule has 11 nitrogen and oxygen atoms in total. The summed E-state index contributed by atoms with van der Waals surface area (Å²) in [6.07, 6.45) is -0.175. The van der Waals surface area contributed by atoms with Gasteiger partial charge in [-0.05, 0) is 36.8 Å². The Morgan fingerprint density at radius 3 is 2.65 bits per heavy atom. The van der Waals surface area contributed by atoms with Crippen LogP contribution in [0.1, 0.15) is 35.3 Å². The molecule has 180 valence electrons. The van der Waals surface area contributed by atoms with Gasteiger partial charge >= 0.3 is 5.97 Å². The zero-order valence-corrected chi connectivity index (χ0v) is 19.0. The Morgan fingerprint density at radius 1 is 1.21 bits per heavy atom. The van der Waals surface area contributed by atoms with E-state index in [1.807, 2.05) is 0 Å². The number of guanidine groups is 1. The number of nitrogens with two attached hydrogens (primary N) is 1. The molecule has 2 aromatic carbocycles. The van der Waals surface area contributed by atoms with Crippen LogP contribution in [0.5, 0.6) is 11.5 Å². The van der Waals surface area contributed by atoms with Gasteiger partial charge in [-0.15, -0.1) is 0 Å². The summed E-state index contributed by atoms with van der Waals surface area (Å²) in [6.45, 7) is 1.54. The molecule has 0 radical (unpaired) electrons. The predicted molar refractivity (Wildman–Crippen MR) is 124 cm³/mol. The first-order valence-electron chi connectivity index (χ1n) is 10.3. The number of nitrogens with one attached hydrogen (secondary N) is 4. The van der Waals surface area contributed by atoms with Crippen LogP contribution >= 0.6 is 11.6 Å². The quantitative estimate of drug-likeness (QED) is 0.202. The van der Waals surface area contributed by atoms with Crippen molar-refractivity contribution in [3.05, 3.63) is 52.5 Å². The Morgan fingerprint density at radius 2 is 1.94 bits per heavy atom. The summed E-state index contributed by atoms with van der Waals surface area (Å²) in [5.41, 5.74) is 6.46. The molecule has 0 fully saturated rings. The number of amides is 2. The van der Waals surface area contributed by atoms with E-state index in [0.29, 0.717) is 22.7 Å². The SMILES string of the molecule is CCOC(=O)CC(NC(=O)CNC(=O)c1cccc(NC(=N)N)c1)c1cc2c(cc1Cl)OCO2. The highest BCUT2D eigenvalue weighted by molar-refractivity contribution is 6.31. The molecule has 0 spiro atoms. The third-order valence-corrected chi connectivity index (χ3v) is 5.02. The molecule has 0 saturated heterocycles. The first-order chi connectivity index (χ1) is 16.3. The van der Waals surface area contributed by atoms with E-state index >= 15 is 0 Å². The number of rotatable bonds is 9. The Hall–Kier alpha value is -3.99. The number of halogens is 1. The van der Waals surface area contributed by atoms with E-state index < -0.39 is 23.8 Å². The highest BCUT2D eigenvalue weighted by Gasteiger charge is 2.25. The average molecular weight is 490 g/mol. The molecular formula is C22H24ClN5O6. The summed E-state index contributed by atoms with van der Waals surface area (Å²) in [5, 5.41) is 15.4. The number of benzene rings is 2. The second-order valence-electron chi connectivity index (χ2n) is 7.16. The van der Waals surface area contributed by atoms with Gasteiger partial charge in [0, 0.05) is 22.3 Å². The van der Waals surface area contributed by atoms with E-state index in [9.17, 15) is 14.4 Å². The van der Waals surface area contributed by atoms with Crippen LogP contribution in [0.3, 0.4) is 0 Å². The Kier molecular flexibility index (Phi) is 8.14. The summed E-state index contributed by atoms with van der Waals surface area (Å²) in [6, 6.07) is 8.61. The van der Waals surface area contributed by atoms with E-state index in [-0.39, 0.29) is 42.9 Å². The lowest BCUT2D eigenvalue weighted by Gasteiger charge is -2.20. The molecule has 3 rings (SSSR count). The molecule has 0 bridgehead atoms. The maximum absolute atomic E-state index is 12.6. The Balaban J connectivity index is 1.68. The van der Waals surface area contributed by atoms with Crippen LogP contribution in [0.2, 0.25) is 5.02 Å². The molecule has 6 N–H and O–H groups in total. The van der Waals surface area contributed by atoms with Crippen molar-refractivity contribution in [3.63, 3.8) is 0 Å². The van der Waals surface area contributed by atoms with Crippen LogP contribution in [0, 0.1) is 5.41 Å². The van der Waals surface area contributed by atoms with Gasteiger partial charge in [0.15, 0.2) is 17.5 Å². The minimum Gasteiger partial charge on any atom is -0.466 e. The number of carbonyl (C=O) groups excluding carboxylic acids is 3. The molecule has 1 aliphatic heterocycles. The van der Waals surface area contributed by atoms with Crippen molar-refractivity contribution in [2.75, 3.05) is 25.3 Å². The van der Waals surface area contributed by atoms with Crippen molar-refractivity contribution in [3.8, 4) is 11.5 Å². The van der Waals surface area contributed by atoms with Gasteiger partial charge in [0.25, 0.3) is 5.91 Å². The zero-order valence-electron chi connectivity index (χ0n) is 18.3. The molecule has 1 atom stereocenters. The molecule has 2 amide bonds. The molecule has 1 unspecified atom stereocenters. The first kappa shape index (κ1) is 24.6. The Bertz CT molecular complexity index is 1110. The van der Waals surface area contributed by atoms with Gasteiger partial charge in [-0.1, -0.05) is 17.7 Å². The van der Waals surface area contributed by atoms with Crippen LogP contribution in [0.15, 0.2) is 36.4 Å². The largest absolute Gasteiger partial charge is 0.466 e. The lowest BCUT2D eigenvalue weighted by Crippen LogP contribution is -2.39. The van der Waals surface area contributed by atoms with E-state index in [0.717, 1.165) is 0 Å². The van der Waals surface area contributed by atoms with Gasteiger partial charge in [-0.2, -0.15) is 0 Å². The summed E-state index contributed by atoms with van der Waals surface area (Å²) in [5.74, 6) is -0.953. The molecular weight excluding hydrogens is 466 g/mol. The lowest BCUT2D eigenvalue weighted by molar-refractivity contribution is -0.143. The molecule has 0 aliphatic carbocycles. The van der Waals surface area contributed by atoms with Gasteiger partial charge in [0.05, 0.1) is 25.6 Å². The molecule has 0 saturated carbocycles. The second kappa shape index (κ2) is 11.2. The van der Waals surface area contributed by atoms with Crippen molar-refractivity contribution in [2.24, 2.45) is 5.73 Å². The maximum Gasteiger partial charge on any atom is 0.308 e. The summed E-state index contributed by atoms with van der Waals surface area (Å²) >= 11 is 6.37. The standard InChI is InChI=1S/C22H24ClN5O6/c1-2-32-20(30)9-16(14-7-17-18(8-15(14)23)34-11-33-17)28-19(29)10-26-21(31)12-4-3-5-13(6-12)27-22(24)25/h3-8,16H,2,9-11H2,1H3,(H,26,31)(H,28,29)(H4,24,25,27). The predicted octanol–water partition coefficient (Wildman–Crippen LogP) is 1.91. The van der Waals surface area contributed by atoms with E-state index in [4.69, 9.17) is 37.0 Å². The topological polar surface area (TPSA) is 165 Å². The second-order valence-corrected chi connectivity index (χ2v) is 7.57.